The molecule has 0 aliphatic rings. The van der Waals surface area contributed by atoms with E-state index in [0.29, 0.717) is 4.74 Å². The zero-order valence-electron chi connectivity index (χ0n) is 15.3. The van der Waals surface area contributed by atoms with Gasteiger partial charge in [0.25, 0.3) is 5.56 Å². The molecule has 0 spiro atoms. The van der Waals surface area contributed by atoms with Gasteiger partial charge in [0, 0.05) is 23.6 Å². The molecule has 0 bridgehead atoms. The number of rotatable bonds is 2. The second-order valence-electron chi connectivity index (χ2n) is 6.37. The predicted molar refractivity (Wildman–Crippen MR) is 100 cm³/mol. The van der Waals surface area contributed by atoms with Crippen molar-refractivity contribution < 1.29 is 29.2 Å². The maximum absolute atomic E-state index is 12.7. The first-order chi connectivity index (χ1) is 14.1. The topological polar surface area (TPSA) is 174 Å². The van der Waals surface area contributed by atoms with Gasteiger partial charge in [-0.2, -0.15) is 4.74 Å². The summed E-state index contributed by atoms with van der Waals surface area (Å²) in [6.07, 6.45) is 0. The van der Waals surface area contributed by atoms with Crippen molar-refractivity contribution in [3.63, 3.8) is 0 Å². The number of phenolic OH excluding ortho intramolecular Hbond substituents is 3. The molecule has 2 aromatic heterocycles. The van der Waals surface area contributed by atoms with Crippen LogP contribution in [-0.4, -0.2) is 25.0 Å². The average molecular weight is 416 g/mol. The highest BCUT2D eigenvalue weighted by Crippen LogP contribution is 2.33. The average Bonchev–Trinajstić information content (AvgIpc) is 2.69. The fraction of sp³-hybridized carbons (Fsp3) is 0.111. The van der Waals surface area contributed by atoms with Crippen molar-refractivity contribution in [3.05, 3.63) is 65.3 Å². The molecule has 0 atom stereocenters. The van der Waals surface area contributed by atoms with Gasteiger partial charge in [-0.05, 0) is 19.1 Å². The Bertz CT molecular complexity index is 1600. The number of aromatic hydroxyl groups is 3. The summed E-state index contributed by atoms with van der Waals surface area (Å²) in [5.41, 5.74) is -3.83. The highest BCUT2D eigenvalue weighted by atomic mass is 16.8. The fourth-order valence-electron chi connectivity index (χ4n) is 3.00. The molecule has 0 aliphatic heterocycles. The van der Waals surface area contributed by atoms with Gasteiger partial charge in [0.05, 0.1) is 21.5 Å². The van der Waals surface area contributed by atoms with E-state index in [-0.39, 0.29) is 32.0 Å². The summed E-state index contributed by atoms with van der Waals surface area (Å²) in [6.45, 7) is 1.29. The van der Waals surface area contributed by atoms with E-state index in [0.717, 1.165) is 18.2 Å². The molecule has 30 heavy (non-hydrogen) atoms. The third-order valence-electron chi connectivity index (χ3n) is 4.53. The van der Waals surface area contributed by atoms with E-state index >= 15 is 0 Å². The lowest BCUT2D eigenvalue weighted by molar-refractivity contribution is 0.0114. The summed E-state index contributed by atoms with van der Waals surface area (Å²) in [5, 5.41) is 28.6. The number of hydrogen-bond acceptors (Lipinski definition) is 10. The summed E-state index contributed by atoms with van der Waals surface area (Å²) in [6, 6.07) is 2.74. The largest absolute Gasteiger partial charge is 0.504 e. The quantitative estimate of drug-likeness (QED) is 0.378. The van der Waals surface area contributed by atoms with Crippen LogP contribution < -0.4 is 27.2 Å². The van der Waals surface area contributed by atoms with E-state index in [4.69, 9.17) is 9.36 Å². The minimum atomic E-state index is -1.08. The Morgan fingerprint density at radius 2 is 1.47 bits per heavy atom. The summed E-state index contributed by atoms with van der Waals surface area (Å²) in [4.78, 5) is 54.3. The first-order valence-corrected chi connectivity index (χ1v) is 8.27. The van der Waals surface area contributed by atoms with E-state index in [1.165, 1.54) is 14.0 Å². The summed E-state index contributed by atoms with van der Waals surface area (Å²) < 4.78 is 10.1. The number of phenols is 3. The first-order valence-electron chi connectivity index (χ1n) is 8.27. The highest BCUT2D eigenvalue weighted by Gasteiger charge is 2.20. The van der Waals surface area contributed by atoms with Gasteiger partial charge >= 0.3 is 16.8 Å². The van der Waals surface area contributed by atoms with Crippen LogP contribution in [0.2, 0.25) is 0 Å². The molecule has 12 nitrogen and oxygen atoms in total. The summed E-state index contributed by atoms with van der Waals surface area (Å²) >= 11 is 0. The van der Waals surface area contributed by atoms with E-state index in [1.807, 2.05) is 0 Å². The molecule has 4 rings (SSSR count). The molecular formula is C18H12N2O10. The number of aromatic nitrogens is 2. The van der Waals surface area contributed by atoms with Gasteiger partial charge in [-0.3, -0.25) is 14.1 Å². The van der Waals surface area contributed by atoms with Crippen molar-refractivity contribution in [2.45, 2.75) is 6.92 Å². The zero-order valence-corrected chi connectivity index (χ0v) is 15.3. The second kappa shape index (κ2) is 6.27. The predicted octanol–water partition coefficient (Wildman–Crippen LogP) is 0.0271. The Hall–Kier alpha value is -4.48. The third kappa shape index (κ3) is 2.62. The van der Waals surface area contributed by atoms with Crippen LogP contribution in [0.25, 0.3) is 21.5 Å². The SMILES string of the molecule is Cc1c(O)c(O)cc2c(=O)on(Oc3cc4c(=O)n(C)oc(=O)c4cc3O)c(=O)c12. The lowest BCUT2D eigenvalue weighted by atomic mass is 10.1. The smallest absolute Gasteiger partial charge is 0.368 e. The molecule has 0 unspecified atom stereocenters. The molecule has 0 saturated heterocycles. The number of nitrogens with zero attached hydrogens (tertiary/aromatic N) is 2. The molecule has 0 saturated carbocycles. The van der Waals surface area contributed by atoms with Crippen molar-refractivity contribution in [2.24, 2.45) is 7.05 Å². The van der Waals surface area contributed by atoms with Crippen LogP contribution in [0.1, 0.15) is 5.56 Å². The molecule has 0 fully saturated rings. The van der Waals surface area contributed by atoms with Crippen molar-refractivity contribution in [2.75, 3.05) is 0 Å². The monoisotopic (exact) mass is 416 g/mol. The van der Waals surface area contributed by atoms with Crippen molar-refractivity contribution in [1.82, 2.24) is 9.64 Å². The van der Waals surface area contributed by atoms with Crippen LogP contribution in [0.15, 0.2) is 46.4 Å². The van der Waals surface area contributed by atoms with Gasteiger partial charge in [-0.1, -0.05) is 0 Å². The van der Waals surface area contributed by atoms with E-state index in [2.05, 4.69) is 4.52 Å². The third-order valence-corrected chi connectivity index (χ3v) is 4.53. The lowest BCUT2D eigenvalue weighted by Crippen LogP contribution is -2.29. The molecule has 0 amide bonds. The van der Waals surface area contributed by atoms with Crippen LogP contribution >= 0.6 is 0 Å². The first kappa shape index (κ1) is 18.9. The molecule has 12 heteroatoms. The highest BCUT2D eigenvalue weighted by molar-refractivity contribution is 5.88. The number of benzene rings is 2. The van der Waals surface area contributed by atoms with Gasteiger partial charge in [0.2, 0.25) is 5.75 Å². The Kier molecular flexibility index (Phi) is 3.94. The van der Waals surface area contributed by atoms with Crippen molar-refractivity contribution in [1.29, 1.82) is 0 Å². The normalized spacial score (nSPS) is 11.3. The molecule has 154 valence electrons. The van der Waals surface area contributed by atoms with Gasteiger partial charge in [0.15, 0.2) is 17.2 Å². The number of fused-ring (bicyclic) bond motifs is 2. The van der Waals surface area contributed by atoms with Crippen LogP contribution in [0.4, 0.5) is 0 Å². The van der Waals surface area contributed by atoms with Crippen LogP contribution in [-0.2, 0) is 7.05 Å². The van der Waals surface area contributed by atoms with Gasteiger partial charge in [-0.25, -0.2) is 9.59 Å². The second-order valence-corrected chi connectivity index (χ2v) is 6.37. The number of aryl methyl sites for hydroxylation is 2. The molecule has 0 radical (unpaired) electrons. The van der Waals surface area contributed by atoms with Crippen LogP contribution in [0.3, 0.4) is 0 Å². The summed E-state index contributed by atoms with van der Waals surface area (Å²) in [5.74, 6) is -2.36. The molecule has 2 aromatic carbocycles. The van der Waals surface area contributed by atoms with E-state index in [9.17, 15) is 34.5 Å². The van der Waals surface area contributed by atoms with Gasteiger partial charge < -0.3 is 24.7 Å². The van der Waals surface area contributed by atoms with E-state index in [1.54, 1.807) is 0 Å². The zero-order chi connectivity index (χ0) is 21.9. The molecule has 4 aromatic rings. The Labute approximate surface area is 163 Å². The van der Waals surface area contributed by atoms with Crippen molar-refractivity contribution in [3.8, 4) is 23.0 Å². The minimum Gasteiger partial charge on any atom is -0.504 e. The summed E-state index contributed by atoms with van der Waals surface area (Å²) in [7, 11) is 1.20. The van der Waals surface area contributed by atoms with Crippen LogP contribution in [0, 0.1) is 6.92 Å². The molecule has 2 heterocycles. The standard InChI is InChI=1S/C18H12N2O10/c1-6-13-9(4-11(22)14(6)23)18(27)30-20(16(13)25)28-12-5-7-8(3-10(12)21)17(26)29-19(2)15(7)24/h3-5,21-23H,1-2H3. The molecular weight excluding hydrogens is 404 g/mol. The van der Waals surface area contributed by atoms with Crippen molar-refractivity contribution >= 4 is 21.5 Å². The van der Waals surface area contributed by atoms with Gasteiger partial charge in [0.1, 0.15) is 0 Å². The number of hydrogen-bond donors (Lipinski definition) is 3. The van der Waals surface area contributed by atoms with Gasteiger partial charge in [-0.15, -0.1) is 0 Å². The minimum absolute atomic E-state index is 0.102. The van der Waals surface area contributed by atoms with E-state index < -0.39 is 45.4 Å². The Morgan fingerprint density at radius 1 is 0.833 bits per heavy atom. The van der Waals surface area contributed by atoms with Crippen LogP contribution in [0.5, 0.6) is 23.0 Å². The Morgan fingerprint density at radius 3 is 2.17 bits per heavy atom. The maximum atomic E-state index is 12.7. The Balaban J connectivity index is 1.98. The maximum Gasteiger partial charge on any atom is 0.368 e. The lowest BCUT2D eigenvalue weighted by Gasteiger charge is -2.10. The molecule has 0 aliphatic carbocycles. The fourth-order valence-corrected chi connectivity index (χ4v) is 3.00. The molecule has 3 N–H and O–H groups in total.